The highest BCUT2D eigenvalue weighted by Crippen LogP contribution is 2.42. The summed E-state index contributed by atoms with van der Waals surface area (Å²) in [6.45, 7) is 3.42. The summed E-state index contributed by atoms with van der Waals surface area (Å²) in [6, 6.07) is 5.16. The molecule has 9 heteroatoms. The smallest absolute Gasteiger partial charge is 0.399 e. The van der Waals surface area contributed by atoms with E-state index in [2.05, 4.69) is 6.58 Å². The van der Waals surface area contributed by atoms with Crippen molar-refractivity contribution in [1.82, 2.24) is 0 Å². The SMILES string of the molecule is C=Cc1cc(/C(F)=C/C(c2cc(Cl)c(Cl)c(Cl)c2)C(F)(F)F)ccc1C(=O)O. The maximum Gasteiger partial charge on any atom is 0.399 e. The van der Waals surface area contributed by atoms with Crippen LogP contribution >= 0.6 is 34.8 Å². The van der Waals surface area contributed by atoms with Gasteiger partial charge in [0, 0.05) is 5.56 Å². The highest BCUT2D eigenvalue weighted by molar-refractivity contribution is 6.48. The first kappa shape index (κ1) is 22.3. The van der Waals surface area contributed by atoms with E-state index in [0.29, 0.717) is 6.08 Å². The third kappa shape index (κ3) is 4.87. The number of hydrogen-bond donors (Lipinski definition) is 1. The molecule has 0 aliphatic carbocycles. The van der Waals surface area contributed by atoms with Gasteiger partial charge >= 0.3 is 12.1 Å². The third-order valence-electron chi connectivity index (χ3n) is 3.81. The maximum absolute atomic E-state index is 14.6. The molecule has 0 radical (unpaired) electrons. The lowest BCUT2D eigenvalue weighted by molar-refractivity contribution is -0.139. The summed E-state index contributed by atoms with van der Waals surface area (Å²) in [4.78, 5) is 11.1. The van der Waals surface area contributed by atoms with Crippen LogP contribution in [0, 0.1) is 0 Å². The molecule has 0 bridgehead atoms. The molecule has 2 aromatic rings. The average molecular weight is 454 g/mol. The van der Waals surface area contributed by atoms with Crippen molar-refractivity contribution in [3.63, 3.8) is 0 Å². The summed E-state index contributed by atoms with van der Waals surface area (Å²) in [6.07, 6.45) is -3.32. The summed E-state index contributed by atoms with van der Waals surface area (Å²) >= 11 is 17.3. The number of aromatic carboxylic acids is 1. The number of carboxylic acids is 1. The van der Waals surface area contributed by atoms with E-state index < -0.39 is 29.5 Å². The zero-order valence-corrected chi connectivity index (χ0v) is 16.1. The Kier molecular flexibility index (Phi) is 6.80. The van der Waals surface area contributed by atoms with E-state index in [1.807, 2.05) is 0 Å². The maximum atomic E-state index is 14.6. The Labute approximate surface area is 172 Å². The van der Waals surface area contributed by atoms with Crippen LogP contribution in [-0.4, -0.2) is 17.3 Å². The molecule has 0 aromatic heterocycles. The molecule has 0 saturated heterocycles. The van der Waals surface area contributed by atoms with Crippen molar-refractivity contribution >= 4 is 52.7 Å². The Hall–Kier alpha value is -2.02. The zero-order valence-electron chi connectivity index (χ0n) is 13.8. The summed E-state index contributed by atoms with van der Waals surface area (Å²) in [5.74, 6) is -4.83. The molecule has 0 fully saturated rings. The minimum atomic E-state index is -4.85. The number of rotatable bonds is 5. The van der Waals surface area contributed by atoms with Crippen LogP contribution in [0.2, 0.25) is 15.1 Å². The van der Waals surface area contributed by atoms with E-state index >= 15 is 0 Å². The van der Waals surface area contributed by atoms with Crippen LogP contribution < -0.4 is 0 Å². The van der Waals surface area contributed by atoms with Gasteiger partial charge in [-0.25, -0.2) is 9.18 Å². The van der Waals surface area contributed by atoms with Gasteiger partial charge in [0.15, 0.2) is 0 Å². The first-order chi connectivity index (χ1) is 13.0. The molecule has 2 aromatic carbocycles. The second-order valence-corrected chi connectivity index (χ2v) is 6.84. The number of benzene rings is 2. The Morgan fingerprint density at radius 1 is 1.11 bits per heavy atom. The largest absolute Gasteiger partial charge is 0.478 e. The van der Waals surface area contributed by atoms with E-state index in [-0.39, 0.29) is 31.8 Å². The first-order valence-electron chi connectivity index (χ1n) is 7.54. The Morgan fingerprint density at radius 3 is 2.14 bits per heavy atom. The number of hydrogen-bond acceptors (Lipinski definition) is 1. The topological polar surface area (TPSA) is 37.3 Å². The Morgan fingerprint density at radius 2 is 1.68 bits per heavy atom. The van der Waals surface area contributed by atoms with Gasteiger partial charge in [0.2, 0.25) is 0 Å². The standard InChI is InChI=1S/C19H11Cl3F4O2/c1-2-9-5-10(3-4-12(9)18(27)28)16(23)8-13(19(24,25)26)11-6-14(20)17(22)15(21)7-11/h2-8,13H,1H2,(H,27,28)/b16-8-. The highest BCUT2D eigenvalue weighted by atomic mass is 35.5. The molecule has 1 unspecified atom stereocenters. The second-order valence-electron chi connectivity index (χ2n) is 5.64. The lowest BCUT2D eigenvalue weighted by atomic mass is 9.95. The monoisotopic (exact) mass is 452 g/mol. The van der Waals surface area contributed by atoms with Gasteiger partial charge in [-0.05, 0) is 41.5 Å². The van der Waals surface area contributed by atoms with Gasteiger partial charge in [-0.2, -0.15) is 13.2 Å². The molecule has 0 saturated carbocycles. The van der Waals surface area contributed by atoms with Crippen LogP contribution in [0.4, 0.5) is 17.6 Å². The minimum absolute atomic E-state index is 0.0645. The molecule has 1 atom stereocenters. The van der Waals surface area contributed by atoms with Crippen molar-refractivity contribution < 1.29 is 27.5 Å². The number of halogens is 7. The molecular formula is C19H11Cl3F4O2. The van der Waals surface area contributed by atoms with Gasteiger partial charge in [0.1, 0.15) is 11.7 Å². The lowest BCUT2D eigenvalue weighted by Gasteiger charge is -2.19. The molecule has 0 amide bonds. The normalized spacial score (nSPS) is 13.3. The molecule has 1 N–H and O–H groups in total. The van der Waals surface area contributed by atoms with Gasteiger partial charge in [-0.15, -0.1) is 0 Å². The summed E-state index contributed by atoms with van der Waals surface area (Å²) in [5, 5.41) is 8.54. The fourth-order valence-corrected chi connectivity index (χ4v) is 3.06. The van der Waals surface area contributed by atoms with Crippen molar-refractivity contribution in [1.29, 1.82) is 0 Å². The molecule has 2 rings (SSSR count). The molecule has 28 heavy (non-hydrogen) atoms. The quantitative estimate of drug-likeness (QED) is 0.373. The van der Waals surface area contributed by atoms with Crippen LogP contribution in [0.25, 0.3) is 11.9 Å². The Bertz CT molecular complexity index is 945. The van der Waals surface area contributed by atoms with Crippen LogP contribution in [0.15, 0.2) is 43.0 Å². The van der Waals surface area contributed by atoms with Crippen molar-refractivity contribution in [2.75, 3.05) is 0 Å². The van der Waals surface area contributed by atoms with Gasteiger partial charge in [-0.3, -0.25) is 0 Å². The fourth-order valence-electron chi connectivity index (χ4n) is 2.45. The summed E-state index contributed by atoms with van der Waals surface area (Å²) < 4.78 is 55.2. The van der Waals surface area contributed by atoms with Gasteiger partial charge < -0.3 is 5.11 Å². The van der Waals surface area contributed by atoms with E-state index in [4.69, 9.17) is 39.9 Å². The van der Waals surface area contributed by atoms with Crippen LogP contribution in [-0.2, 0) is 0 Å². The fraction of sp³-hybridized carbons (Fsp3) is 0.105. The number of alkyl halides is 3. The lowest BCUT2D eigenvalue weighted by Crippen LogP contribution is -2.19. The van der Waals surface area contributed by atoms with E-state index in [1.165, 1.54) is 6.08 Å². The van der Waals surface area contributed by atoms with E-state index in [1.54, 1.807) is 0 Å². The van der Waals surface area contributed by atoms with Gasteiger partial charge in [0.25, 0.3) is 0 Å². The zero-order chi connectivity index (χ0) is 21.2. The molecule has 2 nitrogen and oxygen atoms in total. The van der Waals surface area contributed by atoms with Gasteiger partial charge in [-0.1, -0.05) is 53.5 Å². The van der Waals surface area contributed by atoms with Crippen molar-refractivity contribution in [2.24, 2.45) is 0 Å². The highest BCUT2D eigenvalue weighted by Gasteiger charge is 2.40. The van der Waals surface area contributed by atoms with E-state index in [0.717, 1.165) is 30.3 Å². The molecule has 0 aliphatic rings. The number of carboxylic acid groups (broad SMARTS) is 1. The summed E-state index contributed by atoms with van der Waals surface area (Å²) in [7, 11) is 0. The van der Waals surface area contributed by atoms with Crippen molar-refractivity contribution in [3.8, 4) is 0 Å². The molecule has 0 aliphatic heterocycles. The molecule has 148 valence electrons. The van der Waals surface area contributed by atoms with Crippen LogP contribution in [0.1, 0.15) is 33.0 Å². The van der Waals surface area contributed by atoms with Crippen molar-refractivity contribution in [3.05, 3.63) is 80.3 Å². The molecular weight excluding hydrogens is 443 g/mol. The van der Waals surface area contributed by atoms with Crippen molar-refractivity contribution in [2.45, 2.75) is 12.1 Å². The summed E-state index contributed by atoms with van der Waals surface area (Å²) in [5.41, 5.74) is -0.724. The number of allylic oxidation sites excluding steroid dienone is 1. The Balaban J connectivity index is 2.56. The van der Waals surface area contributed by atoms with Crippen LogP contribution in [0.3, 0.4) is 0 Å². The average Bonchev–Trinajstić information content (AvgIpc) is 2.61. The second kappa shape index (κ2) is 8.55. The minimum Gasteiger partial charge on any atom is -0.478 e. The van der Waals surface area contributed by atoms with Crippen LogP contribution in [0.5, 0.6) is 0 Å². The predicted molar refractivity (Wildman–Crippen MR) is 103 cm³/mol. The molecule has 0 spiro atoms. The molecule has 0 heterocycles. The third-order valence-corrected chi connectivity index (χ3v) is 5.01. The predicted octanol–water partition coefficient (Wildman–Crippen LogP) is 7.64. The first-order valence-corrected chi connectivity index (χ1v) is 8.67. The number of carbonyl (C=O) groups is 1. The van der Waals surface area contributed by atoms with E-state index in [9.17, 15) is 22.4 Å². The van der Waals surface area contributed by atoms with Gasteiger partial charge in [0.05, 0.1) is 20.6 Å².